The number of rotatable bonds is 1. The maximum Gasteiger partial charge on any atom is 0.0203 e. The standard InChI is InChI=1S/C10H17N/c1-4-5-10-6-7-11(3)8-9(10)2/h4-7,9-10H,8H2,1-3H3/b5-4-. The molecule has 0 N–H and O–H groups in total. The van der Waals surface area contributed by atoms with Gasteiger partial charge in [-0.1, -0.05) is 25.2 Å². The van der Waals surface area contributed by atoms with Crippen molar-refractivity contribution in [1.29, 1.82) is 0 Å². The minimum absolute atomic E-state index is 0.649. The molecule has 0 radical (unpaired) electrons. The van der Waals surface area contributed by atoms with Crippen LogP contribution in [-0.4, -0.2) is 18.5 Å². The molecule has 1 nitrogen and oxygen atoms in total. The summed E-state index contributed by atoms with van der Waals surface area (Å²) >= 11 is 0. The Morgan fingerprint density at radius 1 is 1.55 bits per heavy atom. The molecule has 0 bridgehead atoms. The van der Waals surface area contributed by atoms with Crippen molar-refractivity contribution in [3.8, 4) is 0 Å². The van der Waals surface area contributed by atoms with Crippen LogP contribution in [0.5, 0.6) is 0 Å². The molecule has 1 aliphatic rings. The summed E-state index contributed by atoms with van der Waals surface area (Å²) in [4.78, 5) is 2.24. The van der Waals surface area contributed by atoms with Gasteiger partial charge in [0.15, 0.2) is 0 Å². The second kappa shape index (κ2) is 3.61. The van der Waals surface area contributed by atoms with E-state index in [1.54, 1.807) is 0 Å². The molecule has 0 amide bonds. The Morgan fingerprint density at radius 3 is 2.82 bits per heavy atom. The van der Waals surface area contributed by atoms with Gasteiger partial charge >= 0.3 is 0 Å². The van der Waals surface area contributed by atoms with Crippen molar-refractivity contribution in [1.82, 2.24) is 4.90 Å². The zero-order valence-corrected chi connectivity index (χ0v) is 7.62. The average Bonchev–Trinajstić information content (AvgIpc) is 1.95. The quantitative estimate of drug-likeness (QED) is 0.520. The molecule has 1 heteroatoms. The van der Waals surface area contributed by atoms with Crippen molar-refractivity contribution < 1.29 is 0 Å². The van der Waals surface area contributed by atoms with Crippen molar-refractivity contribution in [3.63, 3.8) is 0 Å². The molecule has 0 fully saturated rings. The van der Waals surface area contributed by atoms with E-state index in [9.17, 15) is 0 Å². The molecule has 1 rings (SSSR count). The maximum atomic E-state index is 2.30. The van der Waals surface area contributed by atoms with Gasteiger partial charge in [0.25, 0.3) is 0 Å². The molecule has 0 saturated heterocycles. The van der Waals surface area contributed by atoms with Crippen molar-refractivity contribution in [2.45, 2.75) is 13.8 Å². The fourth-order valence-electron chi connectivity index (χ4n) is 1.55. The molecule has 0 spiro atoms. The van der Waals surface area contributed by atoms with Gasteiger partial charge in [-0.05, 0) is 19.0 Å². The fraction of sp³-hybridized carbons (Fsp3) is 0.600. The van der Waals surface area contributed by atoms with Crippen LogP contribution in [0.3, 0.4) is 0 Å². The van der Waals surface area contributed by atoms with Crippen molar-refractivity contribution in [2.24, 2.45) is 11.8 Å². The predicted octanol–water partition coefficient (Wildman–Crippen LogP) is 2.27. The summed E-state index contributed by atoms with van der Waals surface area (Å²) in [6.45, 7) is 5.55. The molecular formula is C10H17N. The van der Waals surface area contributed by atoms with Crippen LogP contribution in [0.4, 0.5) is 0 Å². The van der Waals surface area contributed by atoms with Gasteiger partial charge in [0.1, 0.15) is 0 Å². The lowest BCUT2D eigenvalue weighted by Crippen LogP contribution is -2.27. The van der Waals surface area contributed by atoms with Gasteiger partial charge in [0.2, 0.25) is 0 Å². The van der Waals surface area contributed by atoms with Gasteiger partial charge in [-0.2, -0.15) is 0 Å². The summed E-state index contributed by atoms with van der Waals surface area (Å²) in [5.74, 6) is 1.40. The number of hydrogen-bond donors (Lipinski definition) is 0. The maximum absolute atomic E-state index is 2.30. The zero-order valence-electron chi connectivity index (χ0n) is 7.62. The molecule has 0 aromatic heterocycles. The zero-order chi connectivity index (χ0) is 8.27. The number of allylic oxidation sites excluding steroid dienone is 3. The lowest BCUT2D eigenvalue weighted by atomic mass is 9.91. The molecule has 0 aliphatic carbocycles. The summed E-state index contributed by atoms with van der Waals surface area (Å²) in [5, 5.41) is 0. The van der Waals surface area contributed by atoms with E-state index in [0.717, 1.165) is 5.92 Å². The summed E-state index contributed by atoms with van der Waals surface area (Å²) in [5.41, 5.74) is 0. The Balaban J connectivity index is 2.60. The third-order valence-electron chi connectivity index (χ3n) is 2.21. The van der Waals surface area contributed by atoms with Gasteiger partial charge in [0, 0.05) is 19.5 Å². The minimum Gasteiger partial charge on any atom is -0.380 e. The van der Waals surface area contributed by atoms with Crippen molar-refractivity contribution in [3.05, 3.63) is 24.4 Å². The topological polar surface area (TPSA) is 3.24 Å². The fourth-order valence-corrected chi connectivity index (χ4v) is 1.55. The highest BCUT2D eigenvalue weighted by Crippen LogP contribution is 2.20. The van der Waals surface area contributed by atoms with Gasteiger partial charge in [-0.15, -0.1) is 0 Å². The van der Waals surface area contributed by atoms with E-state index < -0.39 is 0 Å². The van der Waals surface area contributed by atoms with E-state index >= 15 is 0 Å². The van der Waals surface area contributed by atoms with Crippen LogP contribution in [0, 0.1) is 11.8 Å². The van der Waals surface area contributed by atoms with E-state index in [4.69, 9.17) is 0 Å². The minimum atomic E-state index is 0.649. The Labute approximate surface area is 69.4 Å². The second-order valence-electron chi connectivity index (χ2n) is 3.36. The first-order valence-electron chi connectivity index (χ1n) is 4.25. The molecule has 1 heterocycles. The third kappa shape index (κ3) is 2.11. The SMILES string of the molecule is C/C=C\C1C=CN(C)CC1C. The van der Waals surface area contributed by atoms with Crippen LogP contribution in [0.25, 0.3) is 0 Å². The highest BCUT2D eigenvalue weighted by molar-refractivity contribution is 5.05. The van der Waals surface area contributed by atoms with E-state index in [0.29, 0.717) is 5.92 Å². The van der Waals surface area contributed by atoms with Crippen LogP contribution in [-0.2, 0) is 0 Å². The van der Waals surface area contributed by atoms with Gasteiger partial charge in [-0.3, -0.25) is 0 Å². The molecule has 11 heavy (non-hydrogen) atoms. The third-order valence-corrected chi connectivity index (χ3v) is 2.21. The second-order valence-corrected chi connectivity index (χ2v) is 3.36. The lowest BCUT2D eigenvalue weighted by molar-refractivity contribution is 0.315. The number of hydrogen-bond acceptors (Lipinski definition) is 1. The van der Waals surface area contributed by atoms with Gasteiger partial charge in [-0.25, -0.2) is 0 Å². The summed E-state index contributed by atoms with van der Waals surface area (Å²) in [6, 6.07) is 0. The average molecular weight is 151 g/mol. The summed E-state index contributed by atoms with van der Waals surface area (Å²) in [6.07, 6.45) is 8.85. The molecule has 2 unspecified atom stereocenters. The lowest BCUT2D eigenvalue weighted by Gasteiger charge is -2.28. The summed E-state index contributed by atoms with van der Waals surface area (Å²) < 4.78 is 0. The van der Waals surface area contributed by atoms with E-state index in [-0.39, 0.29) is 0 Å². The highest BCUT2D eigenvalue weighted by Gasteiger charge is 2.16. The Hall–Kier alpha value is -0.720. The van der Waals surface area contributed by atoms with Gasteiger partial charge < -0.3 is 4.90 Å². The first kappa shape index (κ1) is 8.38. The molecule has 0 saturated carbocycles. The summed E-state index contributed by atoms with van der Waals surface area (Å²) in [7, 11) is 2.12. The van der Waals surface area contributed by atoms with Crippen LogP contribution < -0.4 is 0 Å². The molecule has 1 aliphatic heterocycles. The van der Waals surface area contributed by atoms with E-state index in [1.165, 1.54) is 6.54 Å². The monoisotopic (exact) mass is 151 g/mol. The first-order valence-corrected chi connectivity index (χ1v) is 4.25. The van der Waals surface area contributed by atoms with Crippen molar-refractivity contribution >= 4 is 0 Å². The predicted molar refractivity (Wildman–Crippen MR) is 49.2 cm³/mol. The molecule has 0 aromatic rings. The first-order chi connectivity index (χ1) is 5.24. The highest BCUT2D eigenvalue weighted by atomic mass is 15.1. The van der Waals surface area contributed by atoms with Crippen LogP contribution >= 0.6 is 0 Å². The number of nitrogens with zero attached hydrogens (tertiary/aromatic N) is 1. The molecule has 62 valence electrons. The van der Waals surface area contributed by atoms with E-state index in [1.807, 2.05) is 0 Å². The normalized spacial score (nSPS) is 31.7. The van der Waals surface area contributed by atoms with Crippen LogP contribution in [0.1, 0.15) is 13.8 Å². The Bertz CT molecular complexity index is 170. The van der Waals surface area contributed by atoms with Crippen LogP contribution in [0.15, 0.2) is 24.4 Å². The molecule has 0 aromatic carbocycles. The van der Waals surface area contributed by atoms with E-state index in [2.05, 4.69) is 50.2 Å². The Kier molecular flexibility index (Phi) is 2.75. The molecule has 2 atom stereocenters. The van der Waals surface area contributed by atoms with Crippen LogP contribution in [0.2, 0.25) is 0 Å². The van der Waals surface area contributed by atoms with Crippen molar-refractivity contribution in [2.75, 3.05) is 13.6 Å². The smallest absolute Gasteiger partial charge is 0.0203 e. The Morgan fingerprint density at radius 2 is 2.27 bits per heavy atom. The van der Waals surface area contributed by atoms with Gasteiger partial charge in [0.05, 0.1) is 0 Å². The molecular weight excluding hydrogens is 134 g/mol. The largest absolute Gasteiger partial charge is 0.380 e.